The molecule has 0 atom stereocenters. The zero-order valence-corrected chi connectivity index (χ0v) is 17.2. The summed E-state index contributed by atoms with van der Waals surface area (Å²) in [5.74, 6) is 0.416. The largest absolute Gasteiger partial charge is 0.385 e. The first kappa shape index (κ1) is 19.6. The molecule has 0 saturated heterocycles. The van der Waals surface area contributed by atoms with Crippen molar-refractivity contribution in [1.82, 2.24) is 0 Å². The summed E-state index contributed by atoms with van der Waals surface area (Å²) in [6.45, 7) is 8.89. The Bertz CT molecular complexity index is 677. The summed E-state index contributed by atoms with van der Waals surface area (Å²) in [4.78, 5) is 0. The van der Waals surface area contributed by atoms with Crippen LogP contribution in [0.5, 0.6) is 0 Å². The van der Waals surface area contributed by atoms with Gasteiger partial charge in [0.05, 0.1) is 0 Å². The number of nitrogens with one attached hydrogen (secondary N) is 3. The van der Waals surface area contributed by atoms with E-state index in [2.05, 4.69) is 73.1 Å². The number of rotatable bonds is 10. The van der Waals surface area contributed by atoms with Crippen LogP contribution in [0.25, 0.3) is 0 Å². The third-order valence-corrected chi connectivity index (χ3v) is 5.53. The van der Waals surface area contributed by atoms with Crippen LogP contribution in [-0.4, -0.2) is 13.1 Å². The number of hydrogen-bond donors (Lipinski definition) is 3. The van der Waals surface area contributed by atoms with Crippen LogP contribution in [0.4, 0.5) is 22.7 Å². The van der Waals surface area contributed by atoms with E-state index in [9.17, 15) is 0 Å². The SMILES string of the molecule is CCCCCNc1ccc2c(c1)Nc1cc(NCCCCC)ccc1C2C. The van der Waals surface area contributed by atoms with E-state index in [1.807, 2.05) is 0 Å². The van der Waals surface area contributed by atoms with Crippen molar-refractivity contribution >= 4 is 22.7 Å². The average Bonchev–Trinajstić information content (AvgIpc) is 2.68. The highest BCUT2D eigenvalue weighted by atomic mass is 14.9. The zero-order chi connectivity index (χ0) is 19.1. The molecule has 0 bridgehead atoms. The number of hydrogen-bond acceptors (Lipinski definition) is 3. The highest BCUT2D eigenvalue weighted by Crippen LogP contribution is 2.42. The normalized spacial score (nSPS) is 12.9. The van der Waals surface area contributed by atoms with E-state index in [1.54, 1.807) is 0 Å². The molecular weight excluding hydrogens is 330 g/mol. The van der Waals surface area contributed by atoms with Crippen molar-refractivity contribution in [3.05, 3.63) is 47.5 Å². The predicted octanol–water partition coefficient (Wildman–Crippen LogP) is 7.10. The topological polar surface area (TPSA) is 36.1 Å². The van der Waals surface area contributed by atoms with Gasteiger partial charge in [-0.15, -0.1) is 0 Å². The van der Waals surface area contributed by atoms with Crippen molar-refractivity contribution in [2.45, 2.75) is 65.2 Å². The molecular formula is C24H35N3. The van der Waals surface area contributed by atoms with Crippen molar-refractivity contribution < 1.29 is 0 Å². The van der Waals surface area contributed by atoms with Gasteiger partial charge in [0, 0.05) is 41.8 Å². The summed E-state index contributed by atoms with van der Waals surface area (Å²) in [6, 6.07) is 13.5. The highest BCUT2D eigenvalue weighted by molar-refractivity contribution is 5.78. The van der Waals surface area contributed by atoms with E-state index in [0.717, 1.165) is 13.1 Å². The lowest BCUT2D eigenvalue weighted by Crippen LogP contribution is -2.12. The van der Waals surface area contributed by atoms with Crippen LogP contribution < -0.4 is 16.0 Å². The molecule has 2 aromatic carbocycles. The van der Waals surface area contributed by atoms with Gasteiger partial charge in [-0.25, -0.2) is 0 Å². The second-order valence-electron chi connectivity index (χ2n) is 7.72. The quantitative estimate of drug-likeness (QED) is 0.393. The van der Waals surface area contributed by atoms with Crippen LogP contribution in [0, 0.1) is 0 Å². The minimum Gasteiger partial charge on any atom is -0.385 e. The fraction of sp³-hybridized carbons (Fsp3) is 0.500. The molecule has 0 spiro atoms. The van der Waals surface area contributed by atoms with E-state index >= 15 is 0 Å². The molecule has 3 N–H and O–H groups in total. The standard InChI is InChI=1S/C24H35N3/c1-4-6-8-14-25-19-10-12-21-18(3)22-13-11-20(26-15-9-7-5-2)17-24(22)27-23(21)16-19/h10-13,16-18,25-27H,4-9,14-15H2,1-3H3. The van der Waals surface area contributed by atoms with Crippen LogP contribution >= 0.6 is 0 Å². The lowest BCUT2D eigenvalue weighted by molar-refractivity contribution is 0.743. The maximum Gasteiger partial charge on any atom is 0.0443 e. The van der Waals surface area contributed by atoms with Crippen LogP contribution in [0.1, 0.15) is 76.3 Å². The first-order valence-corrected chi connectivity index (χ1v) is 10.8. The first-order chi connectivity index (χ1) is 13.2. The Morgan fingerprint density at radius 1 is 0.741 bits per heavy atom. The predicted molar refractivity (Wildman–Crippen MR) is 120 cm³/mol. The fourth-order valence-electron chi connectivity index (χ4n) is 3.83. The lowest BCUT2D eigenvalue weighted by Gasteiger charge is -2.28. The van der Waals surface area contributed by atoms with Gasteiger partial charge in [-0.3, -0.25) is 0 Å². The molecule has 1 heterocycles. The Balaban J connectivity index is 1.69. The van der Waals surface area contributed by atoms with Crippen LogP contribution in [0.3, 0.4) is 0 Å². The summed E-state index contributed by atoms with van der Waals surface area (Å²) >= 11 is 0. The van der Waals surface area contributed by atoms with E-state index < -0.39 is 0 Å². The van der Waals surface area contributed by atoms with Crippen molar-refractivity contribution in [1.29, 1.82) is 0 Å². The van der Waals surface area contributed by atoms with Gasteiger partial charge in [0.15, 0.2) is 0 Å². The third-order valence-electron chi connectivity index (χ3n) is 5.53. The summed E-state index contributed by atoms with van der Waals surface area (Å²) < 4.78 is 0. The second-order valence-corrected chi connectivity index (χ2v) is 7.72. The van der Waals surface area contributed by atoms with Gasteiger partial charge in [-0.05, 0) is 48.2 Å². The number of anilines is 4. The number of unbranched alkanes of at least 4 members (excludes halogenated alkanes) is 4. The average molecular weight is 366 g/mol. The summed E-state index contributed by atoms with van der Waals surface area (Å²) in [7, 11) is 0. The van der Waals surface area contributed by atoms with Gasteiger partial charge in [-0.1, -0.05) is 58.6 Å². The first-order valence-electron chi connectivity index (χ1n) is 10.8. The molecule has 3 rings (SSSR count). The van der Waals surface area contributed by atoms with Crippen LogP contribution in [0.2, 0.25) is 0 Å². The molecule has 3 nitrogen and oxygen atoms in total. The minimum absolute atomic E-state index is 0.416. The Kier molecular flexibility index (Phi) is 7.03. The Labute approximate surface area is 165 Å². The molecule has 0 aromatic heterocycles. The molecule has 3 heteroatoms. The highest BCUT2D eigenvalue weighted by Gasteiger charge is 2.22. The minimum atomic E-state index is 0.416. The molecule has 27 heavy (non-hydrogen) atoms. The lowest BCUT2D eigenvalue weighted by atomic mass is 9.87. The van der Waals surface area contributed by atoms with Crippen LogP contribution in [0.15, 0.2) is 36.4 Å². The smallest absolute Gasteiger partial charge is 0.0443 e. The number of benzene rings is 2. The van der Waals surface area contributed by atoms with Gasteiger partial charge in [0.25, 0.3) is 0 Å². The van der Waals surface area contributed by atoms with Gasteiger partial charge < -0.3 is 16.0 Å². The van der Waals surface area contributed by atoms with E-state index in [1.165, 1.54) is 72.4 Å². The maximum absolute atomic E-state index is 3.67. The molecule has 146 valence electrons. The van der Waals surface area contributed by atoms with Crippen molar-refractivity contribution in [3.8, 4) is 0 Å². The molecule has 0 saturated carbocycles. The molecule has 2 aromatic rings. The maximum atomic E-state index is 3.67. The molecule has 0 amide bonds. The van der Waals surface area contributed by atoms with Gasteiger partial charge in [-0.2, -0.15) is 0 Å². The molecule has 1 aliphatic rings. The van der Waals surface area contributed by atoms with E-state index in [4.69, 9.17) is 0 Å². The van der Waals surface area contributed by atoms with Crippen LogP contribution in [-0.2, 0) is 0 Å². The van der Waals surface area contributed by atoms with E-state index in [0.29, 0.717) is 5.92 Å². The molecule has 0 unspecified atom stereocenters. The van der Waals surface area contributed by atoms with Gasteiger partial charge in [0.1, 0.15) is 0 Å². The van der Waals surface area contributed by atoms with Crippen molar-refractivity contribution in [2.24, 2.45) is 0 Å². The zero-order valence-electron chi connectivity index (χ0n) is 17.2. The van der Waals surface area contributed by atoms with Gasteiger partial charge in [0.2, 0.25) is 0 Å². The number of fused-ring (bicyclic) bond motifs is 2. The summed E-state index contributed by atoms with van der Waals surface area (Å²) in [5, 5.41) is 10.8. The monoisotopic (exact) mass is 365 g/mol. The van der Waals surface area contributed by atoms with Gasteiger partial charge >= 0.3 is 0 Å². The van der Waals surface area contributed by atoms with Crippen molar-refractivity contribution in [3.63, 3.8) is 0 Å². The summed E-state index contributed by atoms with van der Waals surface area (Å²) in [6.07, 6.45) is 7.55. The van der Waals surface area contributed by atoms with Crippen molar-refractivity contribution in [2.75, 3.05) is 29.0 Å². The Hall–Kier alpha value is -2.16. The molecule has 0 fully saturated rings. The van der Waals surface area contributed by atoms with E-state index in [-0.39, 0.29) is 0 Å². The summed E-state index contributed by atoms with van der Waals surface area (Å²) in [5.41, 5.74) is 7.65. The fourth-order valence-corrected chi connectivity index (χ4v) is 3.83. The Morgan fingerprint density at radius 2 is 1.22 bits per heavy atom. The second kappa shape index (κ2) is 9.68. The third kappa shape index (κ3) is 4.97. The molecule has 0 radical (unpaired) electrons. The molecule has 0 aliphatic carbocycles. The molecule has 1 aliphatic heterocycles. The Morgan fingerprint density at radius 3 is 1.67 bits per heavy atom.